The summed E-state index contributed by atoms with van der Waals surface area (Å²) in [7, 11) is 4.67. The van der Waals surface area contributed by atoms with Crippen LogP contribution in [0.2, 0.25) is 0 Å². The standard InChI is InChI=1S/C15H24N2O4/c1-6-17(7-2)14(18)10-16-11-8-12(19-3)15(21-5)13(9-11)20-4/h8-9,16H,6-7,10H2,1-5H3. The van der Waals surface area contributed by atoms with Crippen LogP contribution in [-0.2, 0) is 4.79 Å². The molecule has 0 aromatic heterocycles. The zero-order chi connectivity index (χ0) is 15.8. The Balaban J connectivity index is 2.87. The van der Waals surface area contributed by atoms with Gasteiger partial charge in [0.1, 0.15) is 0 Å². The average molecular weight is 296 g/mol. The van der Waals surface area contributed by atoms with E-state index in [1.54, 1.807) is 38.4 Å². The van der Waals surface area contributed by atoms with Gasteiger partial charge in [-0.25, -0.2) is 0 Å². The summed E-state index contributed by atoms with van der Waals surface area (Å²) in [4.78, 5) is 13.8. The fourth-order valence-electron chi connectivity index (χ4n) is 2.05. The van der Waals surface area contributed by atoms with Crippen LogP contribution < -0.4 is 19.5 Å². The van der Waals surface area contributed by atoms with Gasteiger partial charge in [-0.3, -0.25) is 4.79 Å². The molecule has 0 aliphatic carbocycles. The van der Waals surface area contributed by atoms with Crippen LogP contribution in [0, 0.1) is 0 Å². The van der Waals surface area contributed by atoms with Crippen molar-refractivity contribution in [3.05, 3.63) is 12.1 Å². The molecule has 0 radical (unpaired) electrons. The summed E-state index contributed by atoms with van der Waals surface area (Å²) in [5.74, 6) is 1.68. The van der Waals surface area contributed by atoms with Crippen molar-refractivity contribution in [2.24, 2.45) is 0 Å². The minimum absolute atomic E-state index is 0.0498. The predicted molar refractivity (Wildman–Crippen MR) is 82.5 cm³/mol. The fourth-order valence-corrected chi connectivity index (χ4v) is 2.05. The van der Waals surface area contributed by atoms with Crippen LogP contribution in [0.5, 0.6) is 17.2 Å². The second-order valence-electron chi connectivity index (χ2n) is 4.33. The van der Waals surface area contributed by atoms with Gasteiger partial charge in [-0.05, 0) is 13.8 Å². The molecular weight excluding hydrogens is 272 g/mol. The Morgan fingerprint density at radius 1 is 1.05 bits per heavy atom. The van der Waals surface area contributed by atoms with Crippen molar-refractivity contribution in [2.45, 2.75) is 13.8 Å². The highest BCUT2D eigenvalue weighted by atomic mass is 16.5. The number of carbonyl (C=O) groups is 1. The summed E-state index contributed by atoms with van der Waals surface area (Å²) < 4.78 is 15.8. The summed E-state index contributed by atoms with van der Waals surface area (Å²) >= 11 is 0. The molecule has 0 atom stereocenters. The van der Waals surface area contributed by atoms with Crippen LogP contribution in [0.3, 0.4) is 0 Å². The average Bonchev–Trinajstić information content (AvgIpc) is 2.52. The number of ether oxygens (including phenoxy) is 3. The van der Waals surface area contributed by atoms with E-state index in [1.807, 2.05) is 13.8 Å². The third-order valence-electron chi connectivity index (χ3n) is 3.22. The first-order valence-electron chi connectivity index (χ1n) is 6.92. The largest absolute Gasteiger partial charge is 0.493 e. The third kappa shape index (κ3) is 4.18. The Hall–Kier alpha value is -2.11. The number of anilines is 1. The molecule has 0 unspecified atom stereocenters. The van der Waals surface area contributed by atoms with Gasteiger partial charge in [-0.15, -0.1) is 0 Å². The molecule has 0 saturated heterocycles. The van der Waals surface area contributed by atoms with Crippen molar-refractivity contribution < 1.29 is 19.0 Å². The van der Waals surface area contributed by atoms with Gasteiger partial charge in [-0.2, -0.15) is 0 Å². The summed E-state index contributed by atoms with van der Waals surface area (Å²) in [6, 6.07) is 3.55. The molecule has 118 valence electrons. The number of hydrogen-bond donors (Lipinski definition) is 1. The zero-order valence-corrected chi connectivity index (χ0v) is 13.4. The molecule has 1 aromatic carbocycles. The lowest BCUT2D eigenvalue weighted by Crippen LogP contribution is -2.35. The quantitative estimate of drug-likeness (QED) is 0.795. The number of amides is 1. The Morgan fingerprint density at radius 2 is 1.57 bits per heavy atom. The molecule has 1 rings (SSSR count). The molecule has 6 heteroatoms. The minimum atomic E-state index is 0.0498. The van der Waals surface area contributed by atoms with Gasteiger partial charge in [0.15, 0.2) is 11.5 Å². The summed E-state index contributed by atoms with van der Waals surface area (Å²) in [6.45, 7) is 5.54. The van der Waals surface area contributed by atoms with Crippen molar-refractivity contribution in [2.75, 3.05) is 46.3 Å². The minimum Gasteiger partial charge on any atom is -0.493 e. The predicted octanol–water partition coefficient (Wildman–Crippen LogP) is 1.99. The molecule has 21 heavy (non-hydrogen) atoms. The van der Waals surface area contributed by atoms with Gasteiger partial charge < -0.3 is 24.4 Å². The first-order valence-corrected chi connectivity index (χ1v) is 6.92. The molecule has 0 bridgehead atoms. The molecule has 0 saturated carbocycles. The number of benzene rings is 1. The lowest BCUT2D eigenvalue weighted by Gasteiger charge is -2.20. The molecule has 0 aliphatic rings. The molecule has 6 nitrogen and oxygen atoms in total. The maximum Gasteiger partial charge on any atom is 0.241 e. The van der Waals surface area contributed by atoms with E-state index in [0.29, 0.717) is 30.3 Å². The number of nitrogens with one attached hydrogen (secondary N) is 1. The number of likely N-dealkylation sites (N-methyl/N-ethyl adjacent to an activating group) is 1. The number of methoxy groups -OCH3 is 3. The van der Waals surface area contributed by atoms with E-state index in [1.165, 1.54) is 0 Å². The van der Waals surface area contributed by atoms with E-state index in [2.05, 4.69) is 5.32 Å². The van der Waals surface area contributed by atoms with Gasteiger partial charge >= 0.3 is 0 Å². The van der Waals surface area contributed by atoms with Crippen molar-refractivity contribution in [3.8, 4) is 17.2 Å². The van der Waals surface area contributed by atoms with Gasteiger partial charge in [-0.1, -0.05) is 0 Å². The monoisotopic (exact) mass is 296 g/mol. The summed E-state index contributed by atoms with van der Waals surface area (Å²) in [5, 5.41) is 3.09. The van der Waals surface area contributed by atoms with Gasteiger partial charge in [0.25, 0.3) is 0 Å². The molecule has 1 amide bonds. The van der Waals surface area contributed by atoms with Crippen LogP contribution in [0.1, 0.15) is 13.8 Å². The molecular formula is C15H24N2O4. The number of carbonyl (C=O) groups excluding carboxylic acids is 1. The van der Waals surface area contributed by atoms with Crippen molar-refractivity contribution in [3.63, 3.8) is 0 Å². The Kier molecular flexibility index (Phi) is 6.65. The van der Waals surface area contributed by atoms with Gasteiger partial charge in [0.2, 0.25) is 11.7 Å². The lowest BCUT2D eigenvalue weighted by molar-refractivity contribution is -0.128. The number of rotatable bonds is 8. The normalized spacial score (nSPS) is 9.95. The topological polar surface area (TPSA) is 60.0 Å². The highest BCUT2D eigenvalue weighted by molar-refractivity contribution is 5.81. The van der Waals surface area contributed by atoms with Crippen LogP contribution in [0.25, 0.3) is 0 Å². The van der Waals surface area contributed by atoms with E-state index in [-0.39, 0.29) is 12.5 Å². The zero-order valence-electron chi connectivity index (χ0n) is 13.4. The Morgan fingerprint density at radius 3 is 1.95 bits per heavy atom. The first kappa shape index (κ1) is 16.9. The molecule has 0 heterocycles. The van der Waals surface area contributed by atoms with Crippen molar-refractivity contribution >= 4 is 11.6 Å². The van der Waals surface area contributed by atoms with Crippen LogP contribution in [-0.4, -0.2) is 51.8 Å². The van der Waals surface area contributed by atoms with Crippen LogP contribution in [0.4, 0.5) is 5.69 Å². The smallest absolute Gasteiger partial charge is 0.241 e. The highest BCUT2D eigenvalue weighted by Gasteiger charge is 2.14. The van der Waals surface area contributed by atoms with E-state index in [0.717, 1.165) is 5.69 Å². The van der Waals surface area contributed by atoms with Crippen molar-refractivity contribution in [1.82, 2.24) is 4.90 Å². The summed E-state index contributed by atoms with van der Waals surface area (Å²) in [5.41, 5.74) is 0.741. The van der Waals surface area contributed by atoms with Crippen molar-refractivity contribution in [1.29, 1.82) is 0 Å². The molecule has 0 aliphatic heterocycles. The lowest BCUT2D eigenvalue weighted by atomic mass is 10.2. The SMILES string of the molecule is CCN(CC)C(=O)CNc1cc(OC)c(OC)c(OC)c1. The van der Waals surface area contributed by atoms with E-state index >= 15 is 0 Å². The van der Waals surface area contributed by atoms with Crippen LogP contribution >= 0.6 is 0 Å². The van der Waals surface area contributed by atoms with Gasteiger partial charge in [0.05, 0.1) is 27.9 Å². The highest BCUT2D eigenvalue weighted by Crippen LogP contribution is 2.39. The van der Waals surface area contributed by atoms with Gasteiger partial charge in [0, 0.05) is 30.9 Å². The molecule has 0 fully saturated rings. The summed E-state index contributed by atoms with van der Waals surface area (Å²) in [6.07, 6.45) is 0. The molecule has 1 aromatic rings. The number of nitrogens with zero attached hydrogens (tertiary/aromatic N) is 1. The first-order chi connectivity index (χ1) is 10.1. The number of hydrogen-bond acceptors (Lipinski definition) is 5. The third-order valence-corrected chi connectivity index (χ3v) is 3.22. The molecule has 0 spiro atoms. The maximum absolute atomic E-state index is 12.0. The second kappa shape index (κ2) is 8.24. The van der Waals surface area contributed by atoms with E-state index in [4.69, 9.17) is 14.2 Å². The molecule has 1 N–H and O–H groups in total. The van der Waals surface area contributed by atoms with E-state index in [9.17, 15) is 4.79 Å². The Labute approximate surface area is 126 Å². The van der Waals surface area contributed by atoms with E-state index < -0.39 is 0 Å². The van der Waals surface area contributed by atoms with Crippen LogP contribution in [0.15, 0.2) is 12.1 Å². The Bertz CT molecular complexity index is 448. The fraction of sp³-hybridized carbons (Fsp3) is 0.533. The maximum atomic E-state index is 12.0. The second-order valence-corrected chi connectivity index (χ2v) is 4.33.